The van der Waals surface area contributed by atoms with Crippen LogP contribution in [0.2, 0.25) is 0 Å². The molecule has 2 N–H and O–H groups in total. The highest BCUT2D eigenvalue weighted by Crippen LogP contribution is 2.27. The first kappa shape index (κ1) is 14.6. The van der Waals surface area contributed by atoms with E-state index >= 15 is 0 Å². The van der Waals surface area contributed by atoms with Gasteiger partial charge in [-0.15, -0.1) is 0 Å². The number of hydrogen-bond acceptors (Lipinski definition) is 3. The third kappa shape index (κ3) is 3.82. The number of aliphatic hydroxyl groups is 1. The lowest BCUT2D eigenvalue weighted by Crippen LogP contribution is -2.26. The molecule has 0 aromatic heterocycles. The standard InChI is InChI=1S/C15H14BrNO3/c16-11-4-3-5-12(10-11)20-14-7-2-1-6-13(14)15(19)17-8-9-18/h1-7,10,18H,8-9H2,(H,17,19). The molecule has 1 amide bonds. The van der Waals surface area contributed by atoms with Crippen molar-refractivity contribution in [3.8, 4) is 11.5 Å². The summed E-state index contributed by atoms with van der Waals surface area (Å²) < 4.78 is 6.64. The summed E-state index contributed by atoms with van der Waals surface area (Å²) in [6.45, 7) is 0.116. The van der Waals surface area contributed by atoms with Crippen molar-refractivity contribution in [1.82, 2.24) is 5.32 Å². The molecular weight excluding hydrogens is 322 g/mol. The second-order valence-corrected chi connectivity index (χ2v) is 4.95. The van der Waals surface area contributed by atoms with Crippen molar-refractivity contribution >= 4 is 21.8 Å². The topological polar surface area (TPSA) is 58.6 Å². The van der Waals surface area contributed by atoms with Gasteiger partial charge in [0.2, 0.25) is 0 Å². The van der Waals surface area contributed by atoms with E-state index < -0.39 is 0 Å². The Bertz CT molecular complexity index is 601. The van der Waals surface area contributed by atoms with Crippen LogP contribution in [-0.4, -0.2) is 24.2 Å². The van der Waals surface area contributed by atoms with E-state index in [9.17, 15) is 4.79 Å². The number of nitrogens with one attached hydrogen (secondary N) is 1. The lowest BCUT2D eigenvalue weighted by atomic mass is 10.2. The van der Waals surface area contributed by atoms with Gasteiger partial charge in [0.1, 0.15) is 11.5 Å². The Kier molecular flexibility index (Phi) is 5.15. The summed E-state index contributed by atoms with van der Waals surface area (Å²) in [5.41, 5.74) is 0.431. The molecule has 0 fully saturated rings. The highest BCUT2D eigenvalue weighted by molar-refractivity contribution is 9.10. The van der Waals surface area contributed by atoms with Crippen molar-refractivity contribution in [2.75, 3.05) is 13.2 Å². The molecule has 0 aliphatic heterocycles. The molecular formula is C15H14BrNO3. The number of carbonyl (C=O) groups excluding carboxylic acids is 1. The summed E-state index contributed by atoms with van der Waals surface area (Å²) >= 11 is 3.37. The molecule has 0 saturated carbocycles. The lowest BCUT2D eigenvalue weighted by Gasteiger charge is -2.11. The van der Waals surface area contributed by atoms with E-state index in [1.165, 1.54) is 0 Å². The molecule has 0 saturated heterocycles. The first-order valence-corrected chi connectivity index (χ1v) is 6.91. The molecule has 0 heterocycles. The number of carbonyl (C=O) groups is 1. The van der Waals surface area contributed by atoms with Crippen LogP contribution < -0.4 is 10.1 Å². The number of ether oxygens (including phenoxy) is 1. The molecule has 4 nitrogen and oxygen atoms in total. The van der Waals surface area contributed by atoms with Crippen molar-refractivity contribution < 1.29 is 14.6 Å². The molecule has 2 aromatic carbocycles. The maximum absolute atomic E-state index is 12.0. The van der Waals surface area contributed by atoms with Gasteiger partial charge in [0.15, 0.2) is 0 Å². The van der Waals surface area contributed by atoms with Gasteiger partial charge in [-0.2, -0.15) is 0 Å². The number of benzene rings is 2. The first-order valence-electron chi connectivity index (χ1n) is 6.12. The first-order chi connectivity index (χ1) is 9.70. The van der Waals surface area contributed by atoms with E-state index in [1.54, 1.807) is 24.3 Å². The van der Waals surface area contributed by atoms with E-state index in [4.69, 9.17) is 9.84 Å². The molecule has 2 aromatic rings. The van der Waals surface area contributed by atoms with Crippen molar-refractivity contribution in [3.63, 3.8) is 0 Å². The Hall–Kier alpha value is -1.85. The van der Waals surface area contributed by atoms with Crippen molar-refractivity contribution in [1.29, 1.82) is 0 Å². The van der Waals surface area contributed by atoms with Gasteiger partial charge in [-0.3, -0.25) is 4.79 Å². The fourth-order valence-corrected chi connectivity index (χ4v) is 2.04. The molecule has 0 radical (unpaired) electrons. The summed E-state index contributed by atoms with van der Waals surface area (Å²) in [6.07, 6.45) is 0. The van der Waals surface area contributed by atoms with Crippen LogP contribution in [0.4, 0.5) is 0 Å². The Morgan fingerprint density at radius 1 is 1.20 bits per heavy atom. The zero-order valence-electron chi connectivity index (χ0n) is 10.7. The van der Waals surface area contributed by atoms with Gasteiger partial charge in [-0.1, -0.05) is 34.1 Å². The smallest absolute Gasteiger partial charge is 0.255 e. The summed E-state index contributed by atoms with van der Waals surface area (Å²) in [4.78, 5) is 12.0. The molecule has 0 aliphatic rings. The number of para-hydroxylation sites is 1. The molecule has 2 rings (SSSR count). The molecule has 0 aliphatic carbocycles. The van der Waals surface area contributed by atoms with Crippen LogP contribution >= 0.6 is 15.9 Å². The summed E-state index contributed by atoms with van der Waals surface area (Å²) in [7, 11) is 0. The number of rotatable bonds is 5. The van der Waals surface area contributed by atoms with Crippen LogP contribution in [0, 0.1) is 0 Å². The monoisotopic (exact) mass is 335 g/mol. The summed E-state index contributed by atoms with van der Waals surface area (Å²) in [5.74, 6) is 0.840. The van der Waals surface area contributed by atoms with Gasteiger partial charge in [-0.05, 0) is 30.3 Å². The Labute approximate surface area is 125 Å². The zero-order valence-corrected chi connectivity index (χ0v) is 12.3. The Balaban J connectivity index is 2.21. The van der Waals surface area contributed by atoms with E-state index in [0.717, 1.165) is 4.47 Å². The minimum Gasteiger partial charge on any atom is -0.456 e. The lowest BCUT2D eigenvalue weighted by molar-refractivity contribution is 0.0942. The van der Waals surface area contributed by atoms with Crippen LogP contribution in [0.3, 0.4) is 0 Å². The van der Waals surface area contributed by atoms with Gasteiger partial charge in [0, 0.05) is 11.0 Å². The second-order valence-electron chi connectivity index (χ2n) is 4.04. The molecule has 0 spiro atoms. The Morgan fingerprint density at radius 3 is 2.75 bits per heavy atom. The number of amides is 1. The van der Waals surface area contributed by atoms with E-state index in [1.807, 2.05) is 24.3 Å². The third-order valence-corrected chi connectivity index (χ3v) is 3.05. The van der Waals surface area contributed by atoms with Gasteiger partial charge in [-0.25, -0.2) is 0 Å². The average Bonchev–Trinajstić information content (AvgIpc) is 2.45. The van der Waals surface area contributed by atoms with Gasteiger partial charge < -0.3 is 15.2 Å². The van der Waals surface area contributed by atoms with Crippen LogP contribution in [0.1, 0.15) is 10.4 Å². The van der Waals surface area contributed by atoms with Gasteiger partial charge in [0.05, 0.1) is 12.2 Å². The van der Waals surface area contributed by atoms with Crippen LogP contribution in [0.15, 0.2) is 53.0 Å². The van der Waals surface area contributed by atoms with E-state index in [0.29, 0.717) is 17.1 Å². The van der Waals surface area contributed by atoms with E-state index in [-0.39, 0.29) is 19.1 Å². The van der Waals surface area contributed by atoms with Crippen LogP contribution in [-0.2, 0) is 0 Å². The Morgan fingerprint density at radius 2 is 2.00 bits per heavy atom. The van der Waals surface area contributed by atoms with Crippen LogP contribution in [0.5, 0.6) is 11.5 Å². The summed E-state index contributed by atoms with van der Waals surface area (Å²) in [5, 5.41) is 11.4. The normalized spacial score (nSPS) is 10.1. The third-order valence-electron chi connectivity index (χ3n) is 2.55. The van der Waals surface area contributed by atoms with E-state index in [2.05, 4.69) is 21.2 Å². The quantitative estimate of drug-likeness (QED) is 0.883. The fourth-order valence-electron chi connectivity index (χ4n) is 1.67. The molecule has 0 bridgehead atoms. The van der Waals surface area contributed by atoms with Crippen molar-refractivity contribution in [3.05, 3.63) is 58.6 Å². The number of aliphatic hydroxyl groups excluding tert-OH is 1. The number of halogens is 1. The predicted molar refractivity (Wildman–Crippen MR) is 80.1 cm³/mol. The van der Waals surface area contributed by atoms with Gasteiger partial charge >= 0.3 is 0 Å². The maximum atomic E-state index is 12.0. The maximum Gasteiger partial charge on any atom is 0.255 e. The van der Waals surface area contributed by atoms with Crippen LogP contribution in [0.25, 0.3) is 0 Å². The minimum absolute atomic E-state index is 0.0968. The fraction of sp³-hybridized carbons (Fsp3) is 0.133. The summed E-state index contributed by atoms with van der Waals surface area (Å²) in [6, 6.07) is 14.4. The molecule has 0 atom stereocenters. The SMILES string of the molecule is O=C(NCCO)c1ccccc1Oc1cccc(Br)c1. The second kappa shape index (κ2) is 7.07. The number of hydrogen-bond donors (Lipinski definition) is 2. The zero-order chi connectivity index (χ0) is 14.4. The minimum atomic E-state index is -0.273. The highest BCUT2D eigenvalue weighted by atomic mass is 79.9. The molecule has 5 heteroatoms. The van der Waals surface area contributed by atoms with Crippen molar-refractivity contribution in [2.45, 2.75) is 0 Å². The molecule has 0 unspecified atom stereocenters. The average molecular weight is 336 g/mol. The van der Waals surface area contributed by atoms with Crippen molar-refractivity contribution in [2.24, 2.45) is 0 Å². The molecule has 20 heavy (non-hydrogen) atoms. The largest absolute Gasteiger partial charge is 0.456 e. The molecule has 104 valence electrons. The van der Waals surface area contributed by atoms with Gasteiger partial charge in [0.25, 0.3) is 5.91 Å². The predicted octanol–water partition coefficient (Wildman–Crippen LogP) is 2.96. The highest BCUT2D eigenvalue weighted by Gasteiger charge is 2.12.